The Balaban J connectivity index is 2.85. The maximum absolute atomic E-state index is 13.1. The molecule has 0 bridgehead atoms. The van der Waals surface area contributed by atoms with Gasteiger partial charge in [-0.1, -0.05) is 0 Å². The largest absolute Gasteiger partial charge is 0.325 e. The summed E-state index contributed by atoms with van der Waals surface area (Å²) in [6.45, 7) is 3.02. The Kier molecular flexibility index (Phi) is 4.18. The van der Waals surface area contributed by atoms with Crippen LogP contribution in [0.1, 0.15) is 18.9 Å². The van der Waals surface area contributed by atoms with E-state index in [2.05, 4.69) is 21.2 Å². The Morgan fingerprint density at radius 2 is 2.06 bits per heavy atom. The smallest absolute Gasteiger partial charge is 0.231 e. The zero-order chi connectivity index (χ0) is 12.3. The molecular weight excluding hydrogens is 277 g/mol. The molecule has 3 nitrogen and oxygen atoms in total. The van der Waals surface area contributed by atoms with Crippen LogP contribution in [-0.4, -0.2) is 11.7 Å². The quantitative estimate of drug-likeness (QED) is 0.869. The molecular formula is C11H11BrFNO2. The summed E-state index contributed by atoms with van der Waals surface area (Å²) in [5.41, 5.74) is 1.11. The van der Waals surface area contributed by atoms with E-state index >= 15 is 0 Å². The summed E-state index contributed by atoms with van der Waals surface area (Å²) in [6.07, 6.45) is -0.172. The Bertz CT molecular complexity index is 446. The van der Waals surface area contributed by atoms with Crippen molar-refractivity contribution in [2.45, 2.75) is 20.3 Å². The summed E-state index contributed by atoms with van der Waals surface area (Å²) < 4.78 is 13.4. The van der Waals surface area contributed by atoms with Gasteiger partial charge in [-0.15, -0.1) is 0 Å². The van der Waals surface area contributed by atoms with Crippen LogP contribution in [0.3, 0.4) is 0 Å². The number of amides is 1. The van der Waals surface area contributed by atoms with E-state index in [1.807, 2.05) is 0 Å². The molecule has 0 atom stereocenters. The lowest BCUT2D eigenvalue weighted by Gasteiger charge is -2.08. The number of anilines is 1. The molecule has 0 saturated carbocycles. The fraction of sp³-hybridized carbons (Fsp3) is 0.273. The van der Waals surface area contributed by atoms with Gasteiger partial charge in [-0.25, -0.2) is 4.39 Å². The van der Waals surface area contributed by atoms with Crippen molar-refractivity contribution in [1.29, 1.82) is 0 Å². The van der Waals surface area contributed by atoms with Crippen LogP contribution < -0.4 is 5.32 Å². The van der Waals surface area contributed by atoms with Crippen LogP contribution in [-0.2, 0) is 9.59 Å². The lowest BCUT2D eigenvalue weighted by Crippen LogP contribution is -2.15. The Morgan fingerprint density at radius 1 is 1.44 bits per heavy atom. The minimum absolute atomic E-state index is 0.172. The van der Waals surface area contributed by atoms with Crippen molar-refractivity contribution in [2.75, 3.05) is 5.32 Å². The van der Waals surface area contributed by atoms with Crippen molar-refractivity contribution in [1.82, 2.24) is 0 Å². The first-order valence-electron chi connectivity index (χ1n) is 4.65. The third-order valence-corrected chi connectivity index (χ3v) is 2.56. The molecule has 1 rings (SSSR count). The number of carbonyl (C=O) groups is 2. The summed E-state index contributed by atoms with van der Waals surface area (Å²) in [7, 11) is 0. The van der Waals surface area contributed by atoms with Gasteiger partial charge in [0.15, 0.2) is 0 Å². The Hall–Kier alpha value is -1.23. The van der Waals surface area contributed by atoms with Crippen LogP contribution in [0, 0.1) is 12.7 Å². The first-order chi connectivity index (χ1) is 7.40. The highest BCUT2D eigenvalue weighted by Gasteiger charge is 2.09. The van der Waals surface area contributed by atoms with Crippen LogP contribution >= 0.6 is 15.9 Å². The molecule has 5 heteroatoms. The molecule has 0 heterocycles. The van der Waals surface area contributed by atoms with Crippen LogP contribution in [0.15, 0.2) is 16.6 Å². The molecule has 86 valence electrons. The number of aryl methyl sites for hydroxylation is 1. The fourth-order valence-electron chi connectivity index (χ4n) is 1.20. The van der Waals surface area contributed by atoms with Crippen molar-refractivity contribution in [2.24, 2.45) is 0 Å². The summed E-state index contributed by atoms with van der Waals surface area (Å²) in [6, 6.07) is 2.79. The van der Waals surface area contributed by atoms with Crippen molar-refractivity contribution in [3.63, 3.8) is 0 Å². The molecule has 0 aliphatic carbocycles. The topological polar surface area (TPSA) is 46.2 Å². The molecule has 0 spiro atoms. The summed E-state index contributed by atoms with van der Waals surface area (Å²) in [5, 5.41) is 2.55. The highest BCUT2D eigenvalue weighted by Crippen LogP contribution is 2.24. The van der Waals surface area contributed by atoms with Crippen molar-refractivity contribution in [3.8, 4) is 0 Å². The van der Waals surface area contributed by atoms with Crippen LogP contribution in [0.2, 0.25) is 0 Å². The standard InChI is InChI=1S/C11H11BrFNO2/c1-6-3-9(13)8(12)5-10(6)14-11(16)4-7(2)15/h3,5H,4H2,1-2H3,(H,14,16). The van der Waals surface area contributed by atoms with Gasteiger partial charge in [0.1, 0.15) is 11.6 Å². The lowest BCUT2D eigenvalue weighted by atomic mass is 10.2. The van der Waals surface area contributed by atoms with Gasteiger partial charge < -0.3 is 5.32 Å². The number of hydrogen-bond donors (Lipinski definition) is 1. The van der Waals surface area contributed by atoms with Gasteiger partial charge in [-0.3, -0.25) is 9.59 Å². The number of halogens is 2. The van der Waals surface area contributed by atoms with Gasteiger partial charge in [-0.2, -0.15) is 0 Å². The second-order valence-electron chi connectivity index (χ2n) is 3.51. The predicted octanol–water partition coefficient (Wildman–Crippen LogP) is 2.81. The maximum atomic E-state index is 13.1. The number of ketones is 1. The van der Waals surface area contributed by atoms with Gasteiger partial charge >= 0.3 is 0 Å². The number of Topliss-reactive ketones (excluding diaryl/α,β-unsaturated/α-hetero) is 1. The number of benzene rings is 1. The van der Waals surface area contributed by atoms with Crippen LogP contribution in [0.4, 0.5) is 10.1 Å². The van der Waals surface area contributed by atoms with E-state index in [1.165, 1.54) is 19.1 Å². The SMILES string of the molecule is CC(=O)CC(=O)Nc1cc(Br)c(F)cc1C. The molecule has 0 aliphatic heterocycles. The molecule has 0 saturated heterocycles. The zero-order valence-corrected chi connectivity index (χ0v) is 10.5. The first-order valence-corrected chi connectivity index (χ1v) is 5.44. The second-order valence-corrected chi connectivity index (χ2v) is 4.36. The molecule has 0 aliphatic rings. The number of rotatable bonds is 3. The normalized spacial score (nSPS) is 10.0. The van der Waals surface area contributed by atoms with E-state index in [-0.39, 0.29) is 22.5 Å². The van der Waals surface area contributed by atoms with E-state index in [1.54, 1.807) is 6.92 Å². The molecule has 1 aromatic carbocycles. The van der Waals surface area contributed by atoms with E-state index in [9.17, 15) is 14.0 Å². The van der Waals surface area contributed by atoms with Crippen LogP contribution in [0.5, 0.6) is 0 Å². The minimum Gasteiger partial charge on any atom is -0.325 e. The molecule has 0 unspecified atom stereocenters. The first kappa shape index (κ1) is 12.8. The van der Waals surface area contributed by atoms with Crippen molar-refractivity contribution in [3.05, 3.63) is 28.0 Å². The highest BCUT2D eigenvalue weighted by atomic mass is 79.9. The summed E-state index contributed by atoms with van der Waals surface area (Å²) in [5.74, 6) is -0.993. The van der Waals surface area contributed by atoms with Crippen molar-refractivity contribution >= 4 is 33.3 Å². The fourth-order valence-corrected chi connectivity index (χ4v) is 1.54. The third kappa shape index (κ3) is 3.41. The third-order valence-electron chi connectivity index (χ3n) is 1.95. The number of nitrogens with one attached hydrogen (secondary N) is 1. The number of hydrogen-bond acceptors (Lipinski definition) is 2. The van der Waals surface area contributed by atoms with E-state index in [0.717, 1.165) is 0 Å². The maximum Gasteiger partial charge on any atom is 0.231 e. The van der Waals surface area contributed by atoms with Gasteiger partial charge in [0.25, 0.3) is 0 Å². The average Bonchev–Trinajstić information content (AvgIpc) is 2.12. The molecule has 1 N–H and O–H groups in total. The molecule has 0 aromatic heterocycles. The highest BCUT2D eigenvalue weighted by molar-refractivity contribution is 9.10. The average molecular weight is 288 g/mol. The van der Waals surface area contributed by atoms with Gasteiger partial charge in [0, 0.05) is 5.69 Å². The Morgan fingerprint density at radius 3 is 2.62 bits per heavy atom. The summed E-state index contributed by atoms with van der Waals surface area (Å²) >= 11 is 3.03. The minimum atomic E-state index is -0.394. The Labute approximate surface area is 101 Å². The molecule has 16 heavy (non-hydrogen) atoms. The summed E-state index contributed by atoms with van der Waals surface area (Å²) in [4.78, 5) is 22.1. The molecule has 1 amide bonds. The lowest BCUT2D eigenvalue weighted by molar-refractivity contribution is -0.124. The van der Waals surface area contributed by atoms with Gasteiger partial charge in [0.05, 0.1) is 10.9 Å². The molecule has 0 fully saturated rings. The van der Waals surface area contributed by atoms with E-state index < -0.39 is 5.91 Å². The van der Waals surface area contributed by atoms with Gasteiger partial charge in [-0.05, 0) is 47.5 Å². The van der Waals surface area contributed by atoms with Crippen LogP contribution in [0.25, 0.3) is 0 Å². The van der Waals surface area contributed by atoms with E-state index in [0.29, 0.717) is 11.3 Å². The van der Waals surface area contributed by atoms with Gasteiger partial charge in [0.2, 0.25) is 5.91 Å². The number of carbonyl (C=O) groups excluding carboxylic acids is 2. The monoisotopic (exact) mass is 287 g/mol. The van der Waals surface area contributed by atoms with Crippen molar-refractivity contribution < 1.29 is 14.0 Å². The zero-order valence-electron chi connectivity index (χ0n) is 8.93. The second kappa shape index (κ2) is 5.21. The molecule has 1 aromatic rings. The molecule has 0 radical (unpaired) electrons. The van der Waals surface area contributed by atoms with E-state index in [4.69, 9.17) is 0 Å². The predicted molar refractivity (Wildman–Crippen MR) is 62.8 cm³/mol.